The Morgan fingerprint density at radius 3 is 2.86 bits per heavy atom. The molecule has 122 valence electrons. The molecule has 22 heavy (non-hydrogen) atoms. The quantitative estimate of drug-likeness (QED) is 0.906. The van der Waals surface area contributed by atoms with Crippen LogP contribution in [0.25, 0.3) is 0 Å². The molecule has 8 heteroatoms. The van der Waals surface area contributed by atoms with Crippen LogP contribution in [0.15, 0.2) is 18.2 Å². The van der Waals surface area contributed by atoms with Gasteiger partial charge in [0, 0.05) is 18.7 Å². The lowest BCUT2D eigenvalue weighted by Gasteiger charge is -2.25. The highest BCUT2D eigenvalue weighted by atomic mass is 35.5. The molecule has 4 nitrogen and oxygen atoms in total. The van der Waals surface area contributed by atoms with Gasteiger partial charge in [-0.15, -0.1) is 0 Å². The van der Waals surface area contributed by atoms with Crippen LogP contribution in [-0.4, -0.2) is 37.2 Å². The third kappa shape index (κ3) is 3.84. The predicted octanol–water partition coefficient (Wildman–Crippen LogP) is 4.00. The van der Waals surface area contributed by atoms with E-state index in [0.717, 1.165) is 25.0 Å². The largest absolute Gasteiger partial charge is 0.418 e. The van der Waals surface area contributed by atoms with Crippen LogP contribution in [-0.2, 0) is 10.9 Å². The standard InChI is InChI=1S/C14H16ClF3N2O2/c1-22-8-10-3-2-6-20(10)13(21)19-12-5-4-9(15)7-11(12)14(16,17)18/h4-5,7,10H,2-3,6,8H2,1H3,(H,19,21)/t10-/m0/s1. The monoisotopic (exact) mass is 336 g/mol. The Labute approximate surface area is 131 Å². The second-order valence-electron chi connectivity index (χ2n) is 5.06. The number of hydrogen-bond donors (Lipinski definition) is 1. The number of methoxy groups -OCH3 is 1. The summed E-state index contributed by atoms with van der Waals surface area (Å²) in [5.74, 6) is 0. The lowest BCUT2D eigenvalue weighted by Crippen LogP contribution is -2.41. The van der Waals surface area contributed by atoms with Crippen molar-refractivity contribution in [2.45, 2.75) is 25.1 Å². The van der Waals surface area contributed by atoms with Crippen LogP contribution >= 0.6 is 11.6 Å². The van der Waals surface area contributed by atoms with E-state index >= 15 is 0 Å². The molecular weight excluding hydrogens is 321 g/mol. The Hall–Kier alpha value is -1.47. The molecule has 1 atom stereocenters. The van der Waals surface area contributed by atoms with Gasteiger partial charge >= 0.3 is 12.2 Å². The molecule has 1 aromatic carbocycles. The van der Waals surface area contributed by atoms with Gasteiger partial charge in [0.2, 0.25) is 0 Å². The van der Waals surface area contributed by atoms with Crippen LogP contribution in [0.1, 0.15) is 18.4 Å². The molecule has 1 aliphatic rings. The maximum atomic E-state index is 13.0. The van der Waals surface area contributed by atoms with Gasteiger partial charge in [0.25, 0.3) is 0 Å². The van der Waals surface area contributed by atoms with Gasteiger partial charge in [-0.25, -0.2) is 4.79 Å². The van der Waals surface area contributed by atoms with Crippen molar-refractivity contribution < 1.29 is 22.7 Å². The first-order valence-corrected chi connectivity index (χ1v) is 7.14. The van der Waals surface area contributed by atoms with Gasteiger partial charge in [-0.1, -0.05) is 11.6 Å². The van der Waals surface area contributed by atoms with Crippen molar-refractivity contribution in [1.82, 2.24) is 4.90 Å². The van der Waals surface area contributed by atoms with Crippen LogP contribution < -0.4 is 5.32 Å². The number of rotatable bonds is 3. The molecule has 1 aromatic rings. The van der Waals surface area contributed by atoms with E-state index in [2.05, 4.69) is 5.32 Å². The lowest BCUT2D eigenvalue weighted by atomic mass is 10.1. The SMILES string of the molecule is COC[C@@H]1CCCN1C(=O)Nc1ccc(Cl)cc1C(F)(F)F. The van der Waals surface area contributed by atoms with Crippen LogP contribution in [0, 0.1) is 0 Å². The summed E-state index contributed by atoms with van der Waals surface area (Å²) < 4.78 is 44.1. The van der Waals surface area contributed by atoms with Crippen molar-refractivity contribution in [3.8, 4) is 0 Å². The number of anilines is 1. The Morgan fingerprint density at radius 1 is 1.50 bits per heavy atom. The zero-order valence-electron chi connectivity index (χ0n) is 11.9. The minimum atomic E-state index is -4.59. The second kappa shape index (κ2) is 6.75. The molecule has 1 fully saturated rings. The van der Waals surface area contributed by atoms with E-state index in [0.29, 0.717) is 13.2 Å². The van der Waals surface area contributed by atoms with Gasteiger partial charge in [-0.05, 0) is 31.0 Å². The number of carbonyl (C=O) groups excluding carboxylic acids is 1. The molecule has 0 unspecified atom stereocenters. The number of halogens is 4. The lowest BCUT2D eigenvalue weighted by molar-refractivity contribution is -0.136. The number of ether oxygens (including phenoxy) is 1. The van der Waals surface area contributed by atoms with Crippen molar-refractivity contribution in [1.29, 1.82) is 0 Å². The summed E-state index contributed by atoms with van der Waals surface area (Å²) in [7, 11) is 1.52. The number of urea groups is 1. The van der Waals surface area contributed by atoms with E-state index in [1.807, 2.05) is 0 Å². The number of alkyl halides is 3. The Bertz CT molecular complexity index is 551. The maximum absolute atomic E-state index is 13.0. The van der Waals surface area contributed by atoms with Crippen LogP contribution in [0.2, 0.25) is 5.02 Å². The fraction of sp³-hybridized carbons (Fsp3) is 0.500. The number of nitrogens with one attached hydrogen (secondary N) is 1. The average molecular weight is 337 g/mol. The fourth-order valence-corrected chi connectivity index (χ4v) is 2.69. The number of carbonyl (C=O) groups is 1. The van der Waals surface area contributed by atoms with Crippen LogP contribution in [0.4, 0.5) is 23.7 Å². The number of nitrogens with zero attached hydrogens (tertiary/aromatic N) is 1. The van der Waals surface area contributed by atoms with Gasteiger partial charge in [-0.2, -0.15) is 13.2 Å². The Kier molecular flexibility index (Phi) is 5.18. The molecular formula is C14H16ClF3N2O2. The number of hydrogen-bond acceptors (Lipinski definition) is 2. The summed E-state index contributed by atoms with van der Waals surface area (Å²) in [5.41, 5.74) is -1.26. The number of amides is 2. The van der Waals surface area contributed by atoms with Gasteiger partial charge in [0.15, 0.2) is 0 Å². The smallest absolute Gasteiger partial charge is 0.383 e. The van der Waals surface area contributed by atoms with Crippen molar-refractivity contribution >= 4 is 23.3 Å². The Balaban J connectivity index is 2.18. The maximum Gasteiger partial charge on any atom is 0.418 e. The summed E-state index contributed by atoms with van der Waals surface area (Å²) >= 11 is 5.61. The van der Waals surface area contributed by atoms with Crippen molar-refractivity contribution in [2.24, 2.45) is 0 Å². The van der Waals surface area contributed by atoms with Crippen molar-refractivity contribution in [3.05, 3.63) is 28.8 Å². The molecule has 1 saturated heterocycles. The van der Waals surface area contributed by atoms with E-state index in [9.17, 15) is 18.0 Å². The molecule has 0 bridgehead atoms. The number of benzene rings is 1. The second-order valence-corrected chi connectivity index (χ2v) is 5.50. The highest BCUT2D eigenvalue weighted by molar-refractivity contribution is 6.30. The first-order chi connectivity index (χ1) is 10.3. The zero-order valence-corrected chi connectivity index (χ0v) is 12.7. The number of likely N-dealkylation sites (tertiary alicyclic amines) is 1. The molecule has 0 radical (unpaired) electrons. The first-order valence-electron chi connectivity index (χ1n) is 6.76. The first kappa shape index (κ1) is 16.9. The third-order valence-electron chi connectivity index (χ3n) is 3.53. The topological polar surface area (TPSA) is 41.6 Å². The van der Waals surface area contributed by atoms with Crippen molar-refractivity contribution in [2.75, 3.05) is 25.6 Å². The van der Waals surface area contributed by atoms with Gasteiger partial charge < -0.3 is 15.0 Å². The highest BCUT2D eigenvalue weighted by Crippen LogP contribution is 2.36. The predicted molar refractivity (Wildman–Crippen MR) is 77.1 cm³/mol. The third-order valence-corrected chi connectivity index (χ3v) is 3.76. The molecule has 1 heterocycles. The normalized spacial score (nSPS) is 18.6. The van der Waals surface area contributed by atoms with Gasteiger partial charge in [0.05, 0.1) is 23.9 Å². The average Bonchev–Trinajstić information content (AvgIpc) is 2.88. The van der Waals surface area contributed by atoms with Gasteiger partial charge in [-0.3, -0.25) is 0 Å². The minimum Gasteiger partial charge on any atom is -0.383 e. The van der Waals surface area contributed by atoms with Gasteiger partial charge in [0.1, 0.15) is 0 Å². The van der Waals surface area contributed by atoms with Crippen LogP contribution in [0.3, 0.4) is 0 Å². The summed E-state index contributed by atoms with van der Waals surface area (Å²) in [4.78, 5) is 13.7. The van der Waals surface area contributed by atoms with E-state index in [1.165, 1.54) is 18.1 Å². The molecule has 1 aliphatic heterocycles. The summed E-state index contributed by atoms with van der Waals surface area (Å²) in [6.45, 7) is 0.856. The fourth-order valence-electron chi connectivity index (χ4n) is 2.52. The summed E-state index contributed by atoms with van der Waals surface area (Å²) in [6, 6.07) is 2.58. The molecule has 0 spiro atoms. The van der Waals surface area contributed by atoms with Crippen molar-refractivity contribution in [3.63, 3.8) is 0 Å². The minimum absolute atomic E-state index is 0.0382. The summed E-state index contributed by atoms with van der Waals surface area (Å²) in [6.07, 6.45) is -3.02. The molecule has 2 rings (SSSR count). The van der Waals surface area contributed by atoms with E-state index in [4.69, 9.17) is 16.3 Å². The molecule has 0 saturated carbocycles. The Morgan fingerprint density at radius 2 is 2.23 bits per heavy atom. The highest BCUT2D eigenvalue weighted by Gasteiger charge is 2.35. The molecule has 0 aromatic heterocycles. The van der Waals surface area contributed by atoms with E-state index in [-0.39, 0.29) is 16.8 Å². The van der Waals surface area contributed by atoms with E-state index in [1.54, 1.807) is 0 Å². The summed E-state index contributed by atoms with van der Waals surface area (Å²) in [5, 5.41) is 2.29. The molecule has 0 aliphatic carbocycles. The zero-order chi connectivity index (χ0) is 16.3. The molecule has 2 amide bonds. The molecule has 1 N–H and O–H groups in total. The van der Waals surface area contributed by atoms with E-state index < -0.39 is 17.8 Å². The van der Waals surface area contributed by atoms with Crippen LogP contribution in [0.5, 0.6) is 0 Å².